The lowest BCUT2D eigenvalue weighted by Crippen LogP contribution is -2.16. The molecule has 0 aliphatic carbocycles. The second kappa shape index (κ2) is 7.23. The summed E-state index contributed by atoms with van der Waals surface area (Å²) in [6.07, 6.45) is 5.18. The molecule has 0 radical (unpaired) electrons. The number of rotatable bonds is 6. The van der Waals surface area contributed by atoms with Gasteiger partial charge in [0.25, 0.3) is 0 Å². The molecule has 0 amide bonds. The standard InChI is InChI=1S/C13H20IN/c1-3-4-5-9-13(15-2)11-7-6-8-12(14)10-11/h6-8,10,13,15H,3-5,9H2,1-2H3. The molecular weight excluding hydrogens is 297 g/mol. The van der Waals surface area contributed by atoms with Gasteiger partial charge in [-0.05, 0) is 53.8 Å². The van der Waals surface area contributed by atoms with E-state index in [0.29, 0.717) is 6.04 Å². The number of unbranched alkanes of at least 4 members (excludes halogenated alkanes) is 2. The Morgan fingerprint density at radius 2 is 2.13 bits per heavy atom. The minimum atomic E-state index is 0.520. The fraction of sp³-hybridized carbons (Fsp3) is 0.538. The summed E-state index contributed by atoms with van der Waals surface area (Å²) < 4.78 is 1.32. The summed E-state index contributed by atoms with van der Waals surface area (Å²) in [5.41, 5.74) is 1.42. The van der Waals surface area contributed by atoms with Crippen LogP contribution in [0, 0.1) is 3.57 Å². The van der Waals surface area contributed by atoms with Crippen molar-refractivity contribution in [3.63, 3.8) is 0 Å². The van der Waals surface area contributed by atoms with E-state index in [2.05, 4.69) is 66.1 Å². The third-order valence-corrected chi connectivity index (χ3v) is 3.37. The molecule has 0 heterocycles. The summed E-state index contributed by atoms with van der Waals surface area (Å²) in [6.45, 7) is 2.25. The Labute approximate surface area is 107 Å². The summed E-state index contributed by atoms with van der Waals surface area (Å²) in [6, 6.07) is 9.29. The van der Waals surface area contributed by atoms with Crippen molar-refractivity contribution < 1.29 is 0 Å². The Kier molecular flexibility index (Phi) is 6.25. The molecule has 0 spiro atoms. The summed E-state index contributed by atoms with van der Waals surface area (Å²) in [4.78, 5) is 0. The van der Waals surface area contributed by atoms with Crippen LogP contribution >= 0.6 is 22.6 Å². The van der Waals surface area contributed by atoms with Gasteiger partial charge < -0.3 is 5.32 Å². The van der Waals surface area contributed by atoms with E-state index in [0.717, 1.165) is 0 Å². The van der Waals surface area contributed by atoms with E-state index in [4.69, 9.17) is 0 Å². The van der Waals surface area contributed by atoms with Crippen LogP contribution < -0.4 is 5.32 Å². The van der Waals surface area contributed by atoms with Crippen molar-refractivity contribution in [3.05, 3.63) is 33.4 Å². The first-order valence-electron chi connectivity index (χ1n) is 5.70. The zero-order valence-electron chi connectivity index (χ0n) is 9.59. The Bertz CT molecular complexity index is 286. The molecule has 0 bridgehead atoms. The lowest BCUT2D eigenvalue weighted by atomic mass is 10.0. The SMILES string of the molecule is CCCCCC(NC)c1cccc(I)c1. The van der Waals surface area contributed by atoms with Gasteiger partial charge in [-0.15, -0.1) is 0 Å². The van der Waals surface area contributed by atoms with Gasteiger partial charge in [-0.1, -0.05) is 38.3 Å². The molecule has 1 atom stereocenters. The van der Waals surface area contributed by atoms with E-state index >= 15 is 0 Å². The molecule has 0 fully saturated rings. The van der Waals surface area contributed by atoms with Gasteiger partial charge in [-0.2, -0.15) is 0 Å². The molecule has 0 aromatic heterocycles. The molecule has 1 rings (SSSR count). The van der Waals surface area contributed by atoms with Crippen molar-refractivity contribution in [3.8, 4) is 0 Å². The normalized spacial score (nSPS) is 12.7. The van der Waals surface area contributed by atoms with Gasteiger partial charge in [0.2, 0.25) is 0 Å². The molecular formula is C13H20IN. The molecule has 15 heavy (non-hydrogen) atoms. The van der Waals surface area contributed by atoms with Crippen LogP contribution in [-0.2, 0) is 0 Å². The van der Waals surface area contributed by atoms with E-state index < -0.39 is 0 Å². The van der Waals surface area contributed by atoms with Gasteiger partial charge in [-0.25, -0.2) is 0 Å². The van der Waals surface area contributed by atoms with E-state index in [1.54, 1.807) is 0 Å². The first-order chi connectivity index (χ1) is 7.27. The topological polar surface area (TPSA) is 12.0 Å². The molecule has 0 saturated heterocycles. The summed E-state index contributed by atoms with van der Waals surface area (Å²) in [5.74, 6) is 0. The average molecular weight is 317 g/mol. The molecule has 0 saturated carbocycles. The van der Waals surface area contributed by atoms with Crippen LogP contribution in [0.2, 0.25) is 0 Å². The van der Waals surface area contributed by atoms with Gasteiger partial charge in [0.05, 0.1) is 0 Å². The van der Waals surface area contributed by atoms with Crippen LogP contribution in [0.1, 0.15) is 44.2 Å². The second-order valence-corrected chi connectivity index (χ2v) is 5.14. The lowest BCUT2D eigenvalue weighted by Gasteiger charge is -2.16. The van der Waals surface area contributed by atoms with Gasteiger partial charge in [0, 0.05) is 9.61 Å². The van der Waals surface area contributed by atoms with Crippen molar-refractivity contribution in [2.24, 2.45) is 0 Å². The minimum Gasteiger partial charge on any atom is -0.313 e. The van der Waals surface area contributed by atoms with Crippen molar-refractivity contribution >= 4 is 22.6 Å². The molecule has 1 nitrogen and oxygen atoms in total. The first-order valence-corrected chi connectivity index (χ1v) is 6.78. The molecule has 2 heteroatoms. The van der Waals surface area contributed by atoms with Crippen molar-refractivity contribution in [2.75, 3.05) is 7.05 Å². The maximum Gasteiger partial charge on any atom is 0.0317 e. The summed E-state index contributed by atoms with van der Waals surface area (Å²) in [7, 11) is 2.05. The smallest absolute Gasteiger partial charge is 0.0317 e. The Morgan fingerprint density at radius 1 is 1.33 bits per heavy atom. The van der Waals surface area contributed by atoms with E-state index in [1.165, 1.54) is 34.8 Å². The van der Waals surface area contributed by atoms with E-state index in [1.807, 2.05) is 0 Å². The highest BCUT2D eigenvalue weighted by molar-refractivity contribution is 14.1. The zero-order valence-corrected chi connectivity index (χ0v) is 11.8. The Hall–Kier alpha value is -0.0900. The molecule has 0 aliphatic rings. The monoisotopic (exact) mass is 317 g/mol. The maximum absolute atomic E-state index is 3.40. The van der Waals surface area contributed by atoms with Crippen LogP contribution in [0.4, 0.5) is 0 Å². The molecule has 1 unspecified atom stereocenters. The Morgan fingerprint density at radius 3 is 2.73 bits per heavy atom. The van der Waals surface area contributed by atoms with Crippen molar-refractivity contribution in [1.29, 1.82) is 0 Å². The lowest BCUT2D eigenvalue weighted by molar-refractivity contribution is 0.512. The van der Waals surface area contributed by atoms with E-state index in [-0.39, 0.29) is 0 Å². The third kappa shape index (κ3) is 4.51. The number of hydrogen-bond donors (Lipinski definition) is 1. The Balaban J connectivity index is 2.57. The minimum absolute atomic E-state index is 0.520. The first kappa shape index (κ1) is 13.0. The van der Waals surface area contributed by atoms with Crippen LogP contribution in [-0.4, -0.2) is 7.05 Å². The summed E-state index contributed by atoms with van der Waals surface area (Å²) >= 11 is 2.37. The van der Waals surface area contributed by atoms with Crippen molar-refractivity contribution in [2.45, 2.75) is 38.6 Å². The number of benzene rings is 1. The molecule has 1 aromatic carbocycles. The van der Waals surface area contributed by atoms with Crippen LogP contribution in [0.25, 0.3) is 0 Å². The van der Waals surface area contributed by atoms with Crippen LogP contribution in [0.3, 0.4) is 0 Å². The summed E-state index contributed by atoms with van der Waals surface area (Å²) in [5, 5.41) is 3.40. The highest BCUT2D eigenvalue weighted by Crippen LogP contribution is 2.21. The number of halogens is 1. The quantitative estimate of drug-likeness (QED) is 0.614. The fourth-order valence-corrected chi connectivity index (χ4v) is 2.37. The van der Waals surface area contributed by atoms with Crippen LogP contribution in [0.15, 0.2) is 24.3 Å². The van der Waals surface area contributed by atoms with E-state index in [9.17, 15) is 0 Å². The highest BCUT2D eigenvalue weighted by Gasteiger charge is 2.08. The molecule has 84 valence electrons. The molecule has 1 aromatic rings. The predicted molar refractivity (Wildman–Crippen MR) is 75.1 cm³/mol. The van der Waals surface area contributed by atoms with Gasteiger partial charge in [0.1, 0.15) is 0 Å². The number of hydrogen-bond acceptors (Lipinski definition) is 1. The van der Waals surface area contributed by atoms with Gasteiger partial charge in [-0.3, -0.25) is 0 Å². The highest BCUT2D eigenvalue weighted by atomic mass is 127. The van der Waals surface area contributed by atoms with Crippen molar-refractivity contribution in [1.82, 2.24) is 5.32 Å². The van der Waals surface area contributed by atoms with Gasteiger partial charge >= 0.3 is 0 Å². The fourth-order valence-electron chi connectivity index (χ4n) is 1.80. The predicted octanol–water partition coefficient (Wildman–Crippen LogP) is 4.13. The number of nitrogens with one attached hydrogen (secondary N) is 1. The third-order valence-electron chi connectivity index (χ3n) is 2.70. The van der Waals surface area contributed by atoms with Gasteiger partial charge in [0.15, 0.2) is 0 Å². The zero-order chi connectivity index (χ0) is 11.1. The second-order valence-electron chi connectivity index (χ2n) is 3.89. The average Bonchev–Trinajstić information content (AvgIpc) is 2.24. The molecule has 1 N–H and O–H groups in total. The maximum atomic E-state index is 3.40. The largest absolute Gasteiger partial charge is 0.313 e. The van der Waals surface area contributed by atoms with Crippen LogP contribution in [0.5, 0.6) is 0 Å². The molecule has 0 aliphatic heterocycles.